The summed E-state index contributed by atoms with van der Waals surface area (Å²) in [6.07, 6.45) is 2.08. The minimum atomic E-state index is -0.163. The van der Waals surface area contributed by atoms with Crippen LogP contribution >= 0.6 is 0 Å². The quantitative estimate of drug-likeness (QED) is 0.758. The molecule has 0 spiro atoms. The van der Waals surface area contributed by atoms with Gasteiger partial charge >= 0.3 is 0 Å². The second-order valence-electron chi connectivity index (χ2n) is 4.23. The second kappa shape index (κ2) is 3.58. The van der Waals surface area contributed by atoms with Crippen LogP contribution in [0.4, 0.5) is 4.39 Å². The molecular weight excluding hydrogens is 193 g/mol. The van der Waals surface area contributed by atoms with Gasteiger partial charge in [-0.3, -0.25) is 0 Å². The molecule has 0 bridgehead atoms. The van der Waals surface area contributed by atoms with Crippen molar-refractivity contribution < 1.29 is 9.13 Å². The molecule has 2 nitrogen and oxygen atoms in total. The Hall–Kier alpha value is -0.930. The largest absolute Gasteiger partial charge is 0.372 e. The van der Waals surface area contributed by atoms with Gasteiger partial charge in [0.05, 0.1) is 12.7 Å². The molecular formula is C12H14FNO. The van der Waals surface area contributed by atoms with Gasteiger partial charge in [-0.2, -0.15) is 0 Å². The fourth-order valence-electron chi connectivity index (χ4n) is 2.35. The molecule has 1 aromatic rings. The topological polar surface area (TPSA) is 21.3 Å². The van der Waals surface area contributed by atoms with Gasteiger partial charge < -0.3 is 10.1 Å². The number of hydrogen-bond donors (Lipinski definition) is 1. The maximum Gasteiger partial charge on any atom is 0.123 e. The Balaban J connectivity index is 1.96. The number of halogens is 1. The van der Waals surface area contributed by atoms with E-state index in [0.717, 1.165) is 31.6 Å². The van der Waals surface area contributed by atoms with Gasteiger partial charge in [-0.05, 0) is 42.6 Å². The summed E-state index contributed by atoms with van der Waals surface area (Å²) in [6.45, 7) is 1.80. The number of ether oxygens (including phenoxy) is 1. The zero-order valence-corrected chi connectivity index (χ0v) is 8.50. The predicted octanol–water partition coefficient (Wildman–Crippen LogP) is 1.80. The van der Waals surface area contributed by atoms with E-state index >= 15 is 0 Å². The molecule has 1 fully saturated rings. The van der Waals surface area contributed by atoms with Crippen molar-refractivity contribution in [2.75, 3.05) is 13.2 Å². The fraction of sp³-hybridized carbons (Fsp3) is 0.500. The molecule has 0 amide bonds. The van der Waals surface area contributed by atoms with Crippen molar-refractivity contribution in [3.05, 3.63) is 35.1 Å². The predicted molar refractivity (Wildman–Crippen MR) is 55.2 cm³/mol. The van der Waals surface area contributed by atoms with Gasteiger partial charge in [0.2, 0.25) is 0 Å². The Morgan fingerprint density at radius 1 is 1.40 bits per heavy atom. The summed E-state index contributed by atoms with van der Waals surface area (Å²) in [7, 11) is 0. The first-order valence-corrected chi connectivity index (χ1v) is 5.48. The van der Waals surface area contributed by atoms with E-state index in [4.69, 9.17) is 4.74 Å². The van der Waals surface area contributed by atoms with Gasteiger partial charge in [0.1, 0.15) is 5.82 Å². The molecule has 2 aliphatic rings. The number of nitrogens with one attached hydrogen (secondary N) is 1. The number of benzene rings is 1. The van der Waals surface area contributed by atoms with Gasteiger partial charge in [-0.25, -0.2) is 4.39 Å². The molecule has 15 heavy (non-hydrogen) atoms. The highest BCUT2D eigenvalue weighted by atomic mass is 19.1. The molecule has 1 N–H and O–H groups in total. The first kappa shape index (κ1) is 9.31. The lowest BCUT2D eigenvalue weighted by Crippen LogP contribution is -2.48. The van der Waals surface area contributed by atoms with Crippen LogP contribution in [0.1, 0.15) is 23.7 Å². The molecule has 0 aromatic heterocycles. The molecule has 2 aliphatic heterocycles. The summed E-state index contributed by atoms with van der Waals surface area (Å²) in [5, 5.41) is 3.33. The lowest BCUT2D eigenvalue weighted by atomic mass is 9.89. The highest BCUT2D eigenvalue weighted by Gasteiger charge is 2.32. The zero-order valence-electron chi connectivity index (χ0n) is 8.50. The Labute approximate surface area is 88.4 Å². The van der Waals surface area contributed by atoms with E-state index in [9.17, 15) is 4.39 Å². The van der Waals surface area contributed by atoms with Crippen molar-refractivity contribution >= 4 is 0 Å². The molecule has 1 unspecified atom stereocenters. The van der Waals surface area contributed by atoms with Crippen LogP contribution in [0.5, 0.6) is 0 Å². The van der Waals surface area contributed by atoms with E-state index in [1.807, 2.05) is 6.07 Å². The van der Waals surface area contributed by atoms with Gasteiger partial charge in [-0.15, -0.1) is 0 Å². The molecule has 2 heterocycles. The smallest absolute Gasteiger partial charge is 0.123 e. The van der Waals surface area contributed by atoms with Crippen LogP contribution in [0.15, 0.2) is 18.2 Å². The number of fused-ring (bicyclic) bond motifs is 1. The van der Waals surface area contributed by atoms with Crippen LogP contribution in [0.3, 0.4) is 0 Å². The summed E-state index contributed by atoms with van der Waals surface area (Å²) in [4.78, 5) is 0. The SMILES string of the molecule is Fc1ccc2c(c1)[C@@H](C1CCN1)OCC2. The van der Waals surface area contributed by atoms with Crippen molar-refractivity contribution in [1.82, 2.24) is 5.32 Å². The van der Waals surface area contributed by atoms with Gasteiger partial charge in [-0.1, -0.05) is 6.07 Å². The van der Waals surface area contributed by atoms with E-state index in [1.165, 1.54) is 11.6 Å². The third-order valence-corrected chi connectivity index (χ3v) is 3.31. The minimum absolute atomic E-state index is 0.0539. The van der Waals surface area contributed by atoms with Crippen LogP contribution in [-0.2, 0) is 11.2 Å². The van der Waals surface area contributed by atoms with Gasteiger partial charge in [0, 0.05) is 6.04 Å². The number of hydrogen-bond acceptors (Lipinski definition) is 2. The van der Waals surface area contributed by atoms with E-state index in [2.05, 4.69) is 5.32 Å². The zero-order chi connectivity index (χ0) is 10.3. The van der Waals surface area contributed by atoms with Crippen molar-refractivity contribution in [3.8, 4) is 0 Å². The maximum atomic E-state index is 13.2. The lowest BCUT2D eigenvalue weighted by Gasteiger charge is -2.38. The Bertz CT molecular complexity index is 376. The van der Waals surface area contributed by atoms with Gasteiger partial charge in [0.25, 0.3) is 0 Å². The Morgan fingerprint density at radius 3 is 3.00 bits per heavy atom. The third-order valence-electron chi connectivity index (χ3n) is 3.31. The van der Waals surface area contributed by atoms with Crippen LogP contribution in [-0.4, -0.2) is 19.2 Å². The van der Waals surface area contributed by atoms with Gasteiger partial charge in [0.15, 0.2) is 0 Å². The third kappa shape index (κ3) is 1.56. The van der Waals surface area contributed by atoms with E-state index < -0.39 is 0 Å². The second-order valence-corrected chi connectivity index (χ2v) is 4.23. The molecule has 3 rings (SSSR count). The molecule has 1 aromatic carbocycles. The minimum Gasteiger partial charge on any atom is -0.372 e. The molecule has 80 valence electrons. The van der Waals surface area contributed by atoms with Crippen LogP contribution in [0.2, 0.25) is 0 Å². The molecule has 1 saturated heterocycles. The average Bonchev–Trinajstić information content (AvgIpc) is 2.16. The van der Waals surface area contributed by atoms with Crippen LogP contribution in [0.25, 0.3) is 0 Å². The monoisotopic (exact) mass is 207 g/mol. The average molecular weight is 207 g/mol. The maximum absolute atomic E-state index is 13.2. The summed E-state index contributed by atoms with van der Waals surface area (Å²) < 4.78 is 18.9. The van der Waals surface area contributed by atoms with Crippen molar-refractivity contribution in [1.29, 1.82) is 0 Å². The Kier molecular flexibility index (Phi) is 2.22. The molecule has 0 radical (unpaired) electrons. The standard InChI is InChI=1S/C12H14FNO/c13-9-2-1-8-4-6-15-12(10(8)7-9)11-3-5-14-11/h1-2,7,11-12,14H,3-6H2/t11?,12-/m0/s1. The molecule has 2 atom stereocenters. The highest BCUT2D eigenvalue weighted by molar-refractivity contribution is 5.33. The number of rotatable bonds is 1. The molecule has 0 aliphatic carbocycles. The first-order valence-electron chi connectivity index (χ1n) is 5.48. The summed E-state index contributed by atoms with van der Waals surface area (Å²) in [6, 6.07) is 5.43. The summed E-state index contributed by atoms with van der Waals surface area (Å²) in [5.41, 5.74) is 2.28. The first-order chi connectivity index (χ1) is 7.34. The Morgan fingerprint density at radius 2 is 2.27 bits per heavy atom. The summed E-state index contributed by atoms with van der Waals surface area (Å²) in [5.74, 6) is -0.163. The highest BCUT2D eigenvalue weighted by Crippen LogP contribution is 2.33. The molecule has 3 heteroatoms. The van der Waals surface area contributed by atoms with Crippen molar-refractivity contribution in [2.24, 2.45) is 0 Å². The van der Waals surface area contributed by atoms with Crippen molar-refractivity contribution in [2.45, 2.75) is 25.0 Å². The fourth-order valence-corrected chi connectivity index (χ4v) is 2.35. The molecule has 0 saturated carbocycles. The van der Waals surface area contributed by atoms with E-state index in [-0.39, 0.29) is 11.9 Å². The lowest BCUT2D eigenvalue weighted by molar-refractivity contribution is -0.00171. The summed E-state index contributed by atoms with van der Waals surface area (Å²) >= 11 is 0. The van der Waals surface area contributed by atoms with Crippen LogP contribution in [0, 0.1) is 5.82 Å². The van der Waals surface area contributed by atoms with E-state index in [1.54, 1.807) is 6.07 Å². The normalized spacial score (nSPS) is 29.4. The van der Waals surface area contributed by atoms with Crippen LogP contribution < -0.4 is 5.32 Å². The van der Waals surface area contributed by atoms with Crippen molar-refractivity contribution in [3.63, 3.8) is 0 Å². The van der Waals surface area contributed by atoms with E-state index in [0.29, 0.717) is 6.04 Å².